The van der Waals surface area contributed by atoms with Gasteiger partial charge >= 0.3 is 0 Å². The van der Waals surface area contributed by atoms with E-state index in [1.807, 2.05) is 43.3 Å². The normalized spacial score (nSPS) is 21.4. The number of carbonyl (C=O) groups excluding carboxylic acids is 1. The van der Waals surface area contributed by atoms with Gasteiger partial charge in [0.25, 0.3) is 0 Å². The largest absolute Gasteiger partial charge is 0.497 e. The monoisotopic (exact) mass is 267 g/mol. The van der Waals surface area contributed by atoms with Crippen LogP contribution in [0.5, 0.6) is 5.75 Å². The van der Waals surface area contributed by atoms with Crippen LogP contribution in [0.1, 0.15) is 34.5 Å². The Balaban J connectivity index is 2.14. The zero-order valence-corrected chi connectivity index (χ0v) is 11.6. The van der Waals surface area contributed by atoms with E-state index < -0.39 is 0 Å². The van der Waals surface area contributed by atoms with Crippen LogP contribution in [0, 0.1) is 0 Å². The van der Waals surface area contributed by atoms with Crippen molar-refractivity contribution in [3.05, 3.63) is 65.2 Å². The molecule has 3 heteroatoms. The Bertz CT molecular complexity index is 637. The summed E-state index contributed by atoms with van der Waals surface area (Å²) in [5.74, 6) is 0.906. The van der Waals surface area contributed by atoms with Crippen molar-refractivity contribution in [3.63, 3.8) is 0 Å². The lowest BCUT2D eigenvalue weighted by molar-refractivity contribution is 0.0933. The molecule has 0 spiro atoms. The number of ketones is 1. The second kappa shape index (κ2) is 5.10. The molecule has 0 bridgehead atoms. The molecule has 2 aromatic carbocycles. The summed E-state index contributed by atoms with van der Waals surface area (Å²) in [6.07, 6.45) is 0. The summed E-state index contributed by atoms with van der Waals surface area (Å²) >= 11 is 0. The molecule has 1 aliphatic rings. The first-order valence-corrected chi connectivity index (χ1v) is 6.74. The molecule has 0 saturated carbocycles. The average molecular weight is 267 g/mol. The minimum atomic E-state index is -0.180. The van der Waals surface area contributed by atoms with Crippen LogP contribution in [0.3, 0.4) is 0 Å². The quantitative estimate of drug-likeness (QED) is 0.909. The predicted molar refractivity (Wildman–Crippen MR) is 78.2 cm³/mol. The minimum Gasteiger partial charge on any atom is -0.497 e. The van der Waals surface area contributed by atoms with Crippen molar-refractivity contribution in [2.75, 3.05) is 7.11 Å². The Morgan fingerprint density at radius 3 is 2.55 bits per heavy atom. The molecule has 0 aliphatic carbocycles. The first kappa shape index (κ1) is 12.9. The Morgan fingerprint density at radius 2 is 1.85 bits per heavy atom. The zero-order chi connectivity index (χ0) is 14.1. The van der Waals surface area contributed by atoms with Crippen LogP contribution in [0.25, 0.3) is 0 Å². The van der Waals surface area contributed by atoms with Gasteiger partial charge in [-0.2, -0.15) is 0 Å². The molecule has 3 rings (SSSR count). The van der Waals surface area contributed by atoms with E-state index in [-0.39, 0.29) is 17.9 Å². The third-order valence-electron chi connectivity index (χ3n) is 3.78. The number of rotatable bonds is 2. The van der Waals surface area contributed by atoms with Gasteiger partial charge in [0.1, 0.15) is 5.75 Å². The van der Waals surface area contributed by atoms with E-state index in [0.29, 0.717) is 0 Å². The van der Waals surface area contributed by atoms with Crippen molar-refractivity contribution >= 4 is 5.78 Å². The molecular weight excluding hydrogens is 250 g/mol. The fraction of sp³-hybridized carbons (Fsp3) is 0.235. The van der Waals surface area contributed by atoms with Crippen molar-refractivity contribution in [2.45, 2.75) is 19.0 Å². The van der Waals surface area contributed by atoms with Crippen LogP contribution < -0.4 is 10.1 Å². The fourth-order valence-corrected chi connectivity index (χ4v) is 2.70. The van der Waals surface area contributed by atoms with Gasteiger partial charge in [-0.15, -0.1) is 0 Å². The van der Waals surface area contributed by atoms with Crippen molar-refractivity contribution < 1.29 is 9.53 Å². The number of benzene rings is 2. The maximum absolute atomic E-state index is 12.3. The summed E-state index contributed by atoms with van der Waals surface area (Å²) in [5.41, 5.74) is 2.92. The third kappa shape index (κ3) is 2.10. The number of nitrogens with one attached hydrogen (secondary N) is 1. The summed E-state index contributed by atoms with van der Waals surface area (Å²) in [4.78, 5) is 12.3. The smallest absolute Gasteiger partial charge is 0.179 e. The standard InChI is InChI=1S/C17H17NO2/c1-11-17(19)14-9-8-13(20-2)10-15(14)16(18-11)12-6-4-3-5-7-12/h3-11,16,18H,1-2H3. The van der Waals surface area contributed by atoms with Gasteiger partial charge in [-0.25, -0.2) is 0 Å². The molecular formula is C17H17NO2. The summed E-state index contributed by atoms with van der Waals surface area (Å²) in [6, 6.07) is 15.7. The summed E-state index contributed by atoms with van der Waals surface area (Å²) in [5, 5.41) is 3.38. The third-order valence-corrected chi connectivity index (χ3v) is 3.78. The van der Waals surface area contributed by atoms with Gasteiger partial charge in [-0.3, -0.25) is 10.1 Å². The van der Waals surface area contributed by atoms with Gasteiger partial charge in [0.2, 0.25) is 0 Å². The van der Waals surface area contributed by atoms with E-state index in [4.69, 9.17) is 4.74 Å². The molecule has 0 aromatic heterocycles. The van der Waals surface area contributed by atoms with Gasteiger partial charge in [-0.1, -0.05) is 30.3 Å². The zero-order valence-electron chi connectivity index (χ0n) is 11.6. The predicted octanol–water partition coefficient (Wildman–Crippen LogP) is 2.96. The summed E-state index contributed by atoms with van der Waals surface area (Å²) in [6.45, 7) is 1.91. The number of methoxy groups -OCH3 is 1. The highest BCUT2D eigenvalue weighted by molar-refractivity contribution is 6.02. The Labute approximate surface area is 118 Å². The van der Waals surface area contributed by atoms with Crippen LogP contribution in [-0.4, -0.2) is 18.9 Å². The van der Waals surface area contributed by atoms with Crippen LogP contribution in [0.2, 0.25) is 0 Å². The van der Waals surface area contributed by atoms with Crippen LogP contribution >= 0.6 is 0 Å². The lowest BCUT2D eigenvalue weighted by Gasteiger charge is -2.31. The minimum absolute atomic E-state index is 0.0222. The van der Waals surface area contributed by atoms with E-state index in [9.17, 15) is 4.79 Å². The summed E-state index contributed by atoms with van der Waals surface area (Å²) < 4.78 is 5.29. The average Bonchev–Trinajstić information content (AvgIpc) is 2.51. The molecule has 1 N–H and O–H groups in total. The Morgan fingerprint density at radius 1 is 1.10 bits per heavy atom. The first-order valence-electron chi connectivity index (χ1n) is 6.74. The highest BCUT2D eigenvalue weighted by Crippen LogP contribution is 2.33. The number of Topliss-reactive ketones (excluding diaryl/α,β-unsaturated/α-hetero) is 1. The van der Waals surface area contributed by atoms with E-state index in [2.05, 4.69) is 17.4 Å². The number of hydrogen-bond acceptors (Lipinski definition) is 3. The Hall–Kier alpha value is -2.13. The Kier molecular flexibility index (Phi) is 3.28. The van der Waals surface area contributed by atoms with Gasteiger partial charge < -0.3 is 4.74 Å². The van der Waals surface area contributed by atoms with Crippen molar-refractivity contribution in [2.24, 2.45) is 0 Å². The maximum atomic E-state index is 12.3. The molecule has 3 nitrogen and oxygen atoms in total. The second-order valence-corrected chi connectivity index (χ2v) is 5.05. The highest BCUT2D eigenvalue weighted by atomic mass is 16.5. The van der Waals surface area contributed by atoms with Crippen molar-refractivity contribution in [1.29, 1.82) is 0 Å². The number of ether oxygens (including phenoxy) is 1. The van der Waals surface area contributed by atoms with Gasteiger partial charge in [0.15, 0.2) is 5.78 Å². The van der Waals surface area contributed by atoms with E-state index in [1.54, 1.807) is 7.11 Å². The highest BCUT2D eigenvalue weighted by Gasteiger charge is 2.31. The lowest BCUT2D eigenvalue weighted by Crippen LogP contribution is -2.42. The van der Waals surface area contributed by atoms with Gasteiger partial charge in [-0.05, 0) is 36.2 Å². The molecule has 0 amide bonds. The molecule has 1 aliphatic heterocycles. The fourth-order valence-electron chi connectivity index (χ4n) is 2.70. The van der Waals surface area contributed by atoms with Crippen LogP contribution in [-0.2, 0) is 0 Å². The molecule has 1 heterocycles. The lowest BCUT2D eigenvalue weighted by atomic mass is 9.86. The van der Waals surface area contributed by atoms with E-state index in [0.717, 1.165) is 22.4 Å². The molecule has 2 unspecified atom stereocenters. The topological polar surface area (TPSA) is 38.3 Å². The number of hydrogen-bond donors (Lipinski definition) is 1. The second-order valence-electron chi connectivity index (χ2n) is 5.05. The maximum Gasteiger partial charge on any atom is 0.179 e. The number of fused-ring (bicyclic) bond motifs is 1. The van der Waals surface area contributed by atoms with E-state index in [1.165, 1.54) is 0 Å². The van der Waals surface area contributed by atoms with Crippen molar-refractivity contribution in [3.8, 4) is 5.75 Å². The van der Waals surface area contributed by atoms with Gasteiger partial charge in [0.05, 0.1) is 19.2 Å². The molecule has 2 aromatic rings. The SMILES string of the molecule is COc1ccc2c(c1)C(c1ccccc1)NC(C)C2=O. The molecule has 2 atom stereocenters. The molecule has 102 valence electrons. The van der Waals surface area contributed by atoms with Crippen molar-refractivity contribution in [1.82, 2.24) is 5.32 Å². The molecule has 0 fully saturated rings. The molecule has 20 heavy (non-hydrogen) atoms. The number of carbonyl (C=O) groups is 1. The van der Waals surface area contributed by atoms with Crippen LogP contribution in [0.4, 0.5) is 0 Å². The van der Waals surface area contributed by atoms with E-state index >= 15 is 0 Å². The molecule has 0 saturated heterocycles. The van der Waals surface area contributed by atoms with Crippen LogP contribution in [0.15, 0.2) is 48.5 Å². The first-order chi connectivity index (χ1) is 9.70. The summed E-state index contributed by atoms with van der Waals surface area (Å²) in [7, 11) is 1.64. The van der Waals surface area contributed by atoms with Gasteiger partial charge in [0, 0.05) is 5.56 Å². The molecule has 0 radical (unpaired) electrons.